The quantitative estimate of drug-likeness (QED) is 0.713. The molecule has 0 amide bonds. The summed E-state index contributed by atoms with van der Waals surface area (Å²) >= 11 is 0. The smallest absolute Gasteiger partial charge is 0.220 e. The summed E-state index contributed by atoms with van der Waals surface area (Å²) in [5, 5.41) is 0. The Balaban J connectivity index is 3.32. The van der Waals surface area contributed by atoms with Gasteiger partial charge in [0.05, 0.1) is 5.69 Å². The normalized spacial score (nSPS) is 11.3. The lowest BCUT2D eigenvalue weighted by atomic mass is 9.89. The van der Waals surface area contributed by atoms with Gasteiger partial charge in [-0.05, 0) is 0 Å². The Kier molecular flexibility index (Phi) is 2.36. The third kappa shape index (κ3) is 2.05. The molecule has 13 heavy (non-hydrogen) atoms. The van der Waals surface area contributed by atoms with Gasteiger partial charge in [-0.1, -0.05) is 33.4 Å². The first-order valence-corrected chi connectivity index (χ1v) is 4.20. The van der Waals surface area contributed by atoms with E-state index >= 15 is 0 Å². The van der Waals surface area contributed by atoms with Gasteiger partial charge < -0.3 is 5.73 Å². The first-order chi connectivity index (χ1) is 5.95. The Morgan fingerprint density at radius 1 is 1.46 bits per heavy atom. The largest absolute Gasteiger partial charge is 0.368 e. The van der Waals surface area contributed by atoms with Crippen molar-refractivity contribution in [3.63, 3.8) is 0 Å². The Morgan fingerprint density at radius 2 is 2.08 bits per heavy atom. The monoisotopic (exact) mass is 177 g/mol. The number of nitrogens with zero attached hydrogens (tertiary/aromatic N) is 2. The van der Waals surface area contributed by atoms with E-state index in [0.29, 0.717) is 5.95 Å². The van der Waals surface area contributed by atoms with E-state index in [9.17, 15) is 0 Å². The summed E-state index contributed by atoms with van der Waals surface area (Å²) in [5.74, 6) is 0.315. The average Bonchev–Trinajstić information content (AvgIpc) is 2.03. The maximum atomic E-state index is 5.52. The van der Waals surface area contributed by atoms with E-state index in [0.717, 1.165) is 11.3 Å². The summed E-state index contributed by atoms with van der Waals surface area (Å²) in [5.41, 5.74) is 7.38. The van der Waals surface area contributed by atoms with Gasteiger partial charge in [0.15, 0.2) is 0 Å². The minimum absolute atomic E-state index is 0.0272. The standard InChI is InChI=1S/C10H15N3/c1-5-7-6-12-9(11)13-8(7)10(2,3)4/h5-6H,1H2,2-4H3,(H2,11,12,13). The molecule has 0 saturated carbocycles. The summed E-state index contributed by atoms with van der Waals surface area (Å²) in [4.78, 5) is 8.13. The molecule has 1 aromatic rings. The second-order valence-corrected chi connectivity index (χ2v) is 3.99. The highest BCUT2D eigenvalue weighted by Gasteiger charge is 2.19. The van der Waals surface area contributed by atoms with Crippen molar-refractivity contribution in [1.82, 2.24) is 9.97 Å². The van der Waals surface area contributed by atoms with Crippen molar-refractivity contribution in [1.29, 1.82) is 0 Å². The summed E-state index contributed by atoms with van der Waals surface area (Å²) in [7, 11) is 0. The number of rotatable bonds is 1. The highest BCUT2D eigenvalue weighted by molar-refractivity contribution is 5.51. The van der Waals surface area contributed by atoms with E-state index in [-0.39, 0.29) is 5.41 Å². The van der Waals surface area contributed by atoms with Crippen molar-refractivity contribution >= 4 is 12.0 Å². The lowest BCUT2D eigenvalue weighted by Crippen LogP contribution is -2.17. The number of nitrogen functional groups attached to an aromatic ring is 1. The van der Waals surface area contributed by atoms with Gasteiger partial charge in [-0.15, -0.1) is 0 Å². The molecule has 2 N–H and O–H groups in total. The molecule has 0 aliphatic rings. The van der Waals surface area contributed by atoms with Crippen molar-refractivity contribution in [2.24, 2.45) is 0 Å². The van der Waals surface area contributed by atoms with Crippen LogP contribution in [0.3, 0.4) is 0 Å². The number of nitrogens with two attached hydrogens (primary N) is 1. The van der Waals surface area contributed by atoms with Crippen molar-refractivity contribution in [2.75, 3.05) is 5.73 Å². The molecular weight excluding hydrogens is 162 g/mol. The molecule has 3 heteroatoms. The molecule has 70 valence electrons. The third-order valence-electron chi connectivity index (χ3n) is 1.77. The lowest BCUT2D eigenvalue weighted by Gasteiger charge is -2.19. The van der Waals surface area contributed by atoms with Crippen molar-refractivity contribution in [2.45, 2.75) is 26.2 Å². The fraction of sp³-hybridized carbons (Fsp3) is 0.400. The summed E-state index contributed by atoms with van der Waals surface area (Å²) in [6.07, 6.45) is 3.45. The highest BCUT2D eigenvalue weighted by atomic mass is 15.0. The van der Waals surface area contributed by atoms with Crippen LogP contribution >= 0.6 is 0 Å². The molecule has 1 aromatic heterocycles. The third-order valence-corrected chi connectivity index (χ3v) is 1.77. The van der Waals surface area contributed by atoms with Crippen LogP contribution in [0.15, 0.2) is 12.8 Å². The maximum Gasteiger partial charge on any atom is 0.220 e. The zero-order valence-corrected chi connectivity index (χ0v) is 8.33. The molecule has 0 aromatic carbocycles. The van der Waals surface area contributed by atoms with E-state index in [2.05, 4.69) is 37.3 Å². The number of aromatic nitrogens is 2. The first kappa shape index (κ1) is 9.71. The molecule has 0 aliphatic heterocycles. The van der Waals surface area contributed by atoms with Gasteiger partial charge in [0.1, 0.15) is 0 Å². The van der Waals surface area contributed by atoms with Gasteiger partial charge in [0.2, 0.25) is 5.95 Å². The molecule has 1 rings (SSSR count). The van der Waals surface area contributed by atoms with Gasteiger partial charge in [0, 0.05) is 17.2 Å². The van der Waals surface area contributed by atoms with Crippen LogP contribution < -0.4 is 5.73 Å². The number of hydrogen-bond donors (Lipinski definition) is 1. The van der Waals surface area contributed by atoms with E-state index < -0.39 is 0 Å². The molecule has 0 atom stereocenters. The SMILES string of the molecule is C=Cc1cnc(N)nc1C(C)(C)C. The van der Waals surface area contributed by atoms with Gasteiger partial charge in [-0.2, -0.15) is 0 Å². The lowest BCUT2D eigenvalue weighted by molar-refractivity contribution is 0.566. The molecule has 0 unspecified atom stereocenters. The van der Waals surface area contributed by atoms with E-state index in [1.807, 2.05) is 0 Å². The van der Waals surface area contributed by atoms with Gasteiger partial charge in [0.25, 0.3) is 0 Å². The minimum Gasteiger partial charge on any atom is -0.368 e. The van der Waals surface area contributed by atoms with Crippen molar-refractivity contribution in [3.8, 4) is 0 Å². The Hall–Kier alpha value is -1.38. The molecule has 0 bridgehead atoms. The molecule has 1 heterocycles. The Bertz CT molecular complexity index is 323. The van der Waals surface area contributed by atoms with Crippen LogP contribution in [0.25, 0.3) is 6.08 Å². The summed E-state index contributed by atoms with van der Waals surface area (Å²) < 4.78 is 0. The molecule has 0 radical (unpaired) electrons. The molecule has 0 spiro atoms. The van der Waals surface area contributed by atoms with Gasteiger partial charge in [-0.25, -0.2) is 9.97 Å². The zero-order valence-electron chi connectivity index (χ0n) is 8.33. The van der Waals surface area contributed by atoms with E-state index in [1.165, 1.54) is 0 Å². The number of anilines is 1. The fourth-order valence-electron chi connectivity index (χ4n) is 1.15. The van der Waals surface area contributed by atoms with Gasteiger partial charge in [-0.3, -0.25) is 0 Å². The Morgan fingerprint density at radius 3 is 2.54 bits per heavy atom. The van der Waals surface area contributed by atoms with Crippen molar-refractivity contribution < 1.29 is 0 Å². The van der Waals surface area contributed by atoms with Crippen LogP contribution in [0.4, 0.5) is 5.95 Å². The molecular formula is C10H15N3. The highest BCUT2D eigenvalue weighted by Crippen LogP contribution is 2.24. The predicted molar refractivity (Wildman–Crippen MR) is 55.2 cm³/mol. The van der Waals surface area contributed by atoms with Crippen LogP contribution in [-0.2, 0) is 5.41 Å². The maximum absolute atomic E-state index is 5.52. The molecule has 0 aliphatic carbocycles. The summed E-state index contributed by atoms with van der Waals surface area (Å²) in [6, 6.07) is 0. The molecule has 0 fully saturated rings. The topological polar surface area (TPSA) is 51.8 Å². The first-order valence-electron chi connectivity index (χ1n) is 4.20. The fourth-order valence-corrected chi connectivity index (χ4v) is 1.15. The van der Waals surface area contributed by atoms with Crippen LogP contribution in [-0.4, -0.2) is 9.97 Å². The second kappa shape index (κ2) is 3.17. The van der Waals surface area contributed by atoms with Crippen LogP contribution in [0.2, 0.25) is 0 Å². The zero-order chi connectivity index (χ0) is 10.1. The Labute approximate surface area is 78.7 Å². The van der Waals surface area contributed by atoms with Crippen LogP contribution in [0, 0.1) is 0 Å². The minimum atomic E-state index is -0.0272. The number of hydrogen-bond acceptors (Lipinski definition) is 3. The molecule has 0 saturated heterocycles. The van der Waals surface area contributed by atoms with E-state index in [1.54, 1.807) is 12.3 Å². The summed E-state index contributed by atoms with van der Waals surface area (Å²) in [6.45, 7) is 9.97. The second-order valence-electron chi connectivity index (χ2n) is 3.99. The van der Waals surface area contributed by atoms with E-state index in [4.69, 9.17) is 5.73 Å². The predicted octanol–water partition coefficient (Wildman–Crippen LogP) is 2.00. The van der Waals surface area contributed by atoms with Gasteiger partial charge >= 0.3 is 0 Å². The molecule has 3 nitrogen and oxygen atoms in total. The van der Waals surface area contributed by atoms with Crippen LogP contribution in [0.5, 0.6) is 0 Å². The van der Waals surface area contributed by atoms with Crippen LogP contribution in [0.1, 0.15) is 32.0 Å². The van der Waals surface area contributed by atoms with Crippen molar-refractivity contribution in [3.05, 3.63) is 24.0 Å². The average molecular weight is 177 g/mol.